The van der Waals surface area contributed by atoms with E-state index in [2.05, 4.69) is 25.0 Å². The summed E-state index contributed by atoms with van der Waals surface area (Å²) in [6.45, 7) is 0. The van der Waals surface area contributed by atoms with Crippen molar-refractivity contribution in [3.63, 3.8) is 0 Å². The van der Waals surface area contributed by atoms with Crippen LogP contribution >= 0.6 is 0 Å². The minimum absolute atomic E-state index is 0.442. The lowest BCUT2D eigenvalue weighted by atomic mass is 9.96. The van der Waals surface area contributed by atoms with Gasteiger partial charge in [0, 0.05) is 51.9 Å². The van der Waals surface area contributed by atoms with Crippen molar-refractivity contribution < 1.29 is 110 Å². The predicted octanol–water partition coefficient (Wildman–Crippen LogP) is 15.8. The first-order valence-electron chi connectivity index (χ1n) is 22.9. The van der Waals surface area contributed by atoms with Gasteiger partial charge < -0.3 is 4.98 Å². The van der Waals surface area contributed by atoms with E-state index < -0.39 is 253 Å². The standard InChI is InChI=1S/C55H14F25N5/c56-31-14(32(57)42(67)51(76)41(31)66)12-13-3-4-16(82-13)24(28-35(60)45(70)53(78)46(71)36(28)61)18-7-8-20(84-18)26(30-39(64)49(74)55(80)50(75)40(30)65)22-10-9-21(85-22)25(29-37(62)47(72)54(79)48(73)38(29)63)19-6-5-17(83-19)23(15-2-1-11-81-15)27-33(58)43(68)52(77)44(69)34(27)59/h1-11,81H,12H2/b23-17-,24-16-,25-21-,26-20-. The Balaban J connectivity index is 1.25. The van der Waals surface area contributed by atoms with Gasteiger partial charge in [0.05, 0.1) is 62.2 Å². The van der Waals surface area contributed by atoms with Crippen molar-refractivity contribution in [3.8, 4) is 0 Å². The summed E-state index contributed by atoms with van der Waals surface area (Å²) in [4.78, 5) is 17.8. The van der Waals surface area contributed by atoms with E-state index in [4.69, 9.17) is 0 Å². The molecule has 0 saturated carbocycles. The number of nitrogens with zero attached hydrogens (tertiary/aromatic N) is 4. The van der Waals surface area contributed by atoms with Crippen LogP contribution in [0.4, 0.5) is 110 Å². The highest BCUT2D eigenvalue weighted by Gasteiger charge is 2.39. The maximum Gasteiger partial charge on any atom is 0.200 e. The van der Waals surface area contributed by atoms with Crippen molar-refractivity contribution in [2.75, 3.05) is 0 Å². The molecule has 10 rings (SSSR count). The summed E-state index contributed by atoms with van der Waals surface area (Å²) >= 11 is 0. The van der Waals surface area contributed by atoms with Gasteiger partial charge >= 0.3 is 0 Å². The van der Waals surface area contributed by atoms with E-state index in [1.54, 1.807) is 0 Å². The van der Waals surface area contributed by atoms with Gasteiger partial charge in [0.15, 0.2) is 116 Å². The Labute approximate surface area is 454 Å². The molecule has 1 aromatic heterocycles. The van der Waals surface area contributed by atoms with E-state index in [0.29, 0.717) is 48.6 Å². The highest BCUT2D eigenvalue weighted by molar-refractivity contribution is 6.37. The molecule has 4 aliphatic rings. The molecule has 4 aliphatic heterocycles. The number of aromatic nitrogens is 1. The van der Waals surface area contributed by atoms with Crippen LogP contribution in [0.3, 0.4) is 0 Å². The molecule has 0 radical (unpaired) electrons. The van der Waals surface area contributed by atoms with E-state index in [-0.39, 0.29) is 0 Å². The first-order valence-corrected chi connectivity index (χ1v) is 22.9. The van der Waals surface area contributed by atoms with Crippen LogP contribution < -0.4 is 0 Å². The molecule has 85 heavy (non-hydrogen) atoms. The molecule has 5 heterocycles. The third-order valence-electron chi connectivity index (χ3n) is 12.8. The van der Waals surface area contributed by atoms with Gasteiger partial charge in [0.2, 0.25) is 29.1 Å². The van der Waals surface area contributed by atoms with Crippen LogP contribution in [-0.2, 0) is 6.42 Å². The van der Waals surface area contributed by atoms with Gasteiger partial charge in [0.25, 0.3) is 0 Å². The van der Waals surface area contributed by atoms with Crippen molar-refractivity contribution in [2.24, 2.45) is 20.0 Å². The summed E-state index contributed by atoms with van der Waals surface area (Å²) in [5.74, 6) is -66.4. The number of halogens is 25. The fourth-order valence-corrected chi connectivity index (χ4v) is 8.90. The fourth-order valence-electron chi connectivity index (χ4n) is 8.90. The third-order valence-corrected chi connectivity index (χ3v) is 12.8. The zero-order valence-electron chi connectivity index (χ0n) is 40.3. The minimum atomic E-state index is -2.85. The molecule has 30 heteroatoms. The Bertz CT molecular complexity index is 4330. The first kappa shape index (κ1) is 58.4. The molecule has 0 amide bonds. The van der Waals surface area contributed by atoms with E-state index >= 15 is 52.7 Å². The van der Waals surface area contributed by atoms with Crippen LogP contribution in [0.1, 0.15) is 33.5 Å². The van der Waals surface area contributed by atoms with Gasteiger partial charge in [-0.2, -0.15) is 0 Å². The summed E-state index contributed by atoms with van der Waals surface area (Å²) in [5.41, 5.74) is -24.3. The van der Waals surface area contributed by atoms with Crippen molar-refractivity contribution >= 4 is 45.1 Å². The van der Waals surface area contributed by atoms with Crippen LogP contribution in [0, 0.1) is 145 Å². The molecular weight excluding hydrogens is 1210 g/mol. The number of nitrogens with one attached hydrogen (secondary N) is 1. The Morgan fingerprint density at radius 3 is 0.812 bits per heavy atom. The van der Waals surface area contributed by atoms with E-state index in [1.165, 1.54) is 0 Å². The molecule has 0 bridgehead atoms. The molecule has 0 spiro atoms. The molecule has 0 unspecified atom stereocenters. The van der Waals surface area contributed by atoms with Gasteiger partial charge in [-0.25, -0.2) is 125 Å². The summed E-state index contributed by atoms with van der Waals surface area (Å²) in [7, 11) is 0. The first-order chi connectivity index (χ1) is 40.1. The molecule has 0 fully saturated rings. The van der Waals surface area contributed by atoms with E-state index in [9.17, 15) is 57.1 Å². The smallest absolute Gasteiger partial charge is 0.200 e. The quantitative estimate of drug-likeness (QED) is 0.0807. The zero-order chi connectivity index (χ0) is 61.8. The number of rotatable bonds is 10. The summed E-state index contributed by atoms with van der Waals surface area (Å²) < 4.78 is 377. The number of hydrogen-bond donors (Lipinski definition) is 1. The van der Waals surface area contributed by atoms with Crippen LogP contribution in [0.5, 0.6) is 0 Å². The molecule has 0 saturated heterocycles. The fraction of sp³-hybridized carbons (Fsp3) is 0.0182. The molecular formula is C55H14F25N5. The Kier molecular flexibility index (Phi) is 14.7. The summed E-state index contributed by atoms with van der Waals surface area (Å²) in [6.07, 6.45) is 3.87. The molecule has 1 N–H and O–H groups in total. The minimum Gasteiger partial charge on any atom is -0.361 e. The highest BCUT2D eigenvalue weighted by atomic mass is 19.2. The second-order valence-electron chi connectivity index (χ2n) is 17.6. The topological polar surface area (TPSA) is 65.2 Å². The lowest BCUT2D eigenvalue weighted by Crippen LogP contribution is -2.12. The molecule has 434 valence electrons. The molecule has 5 aromatic carbocycles. The SMILES string of the molecule is Fc1c(F)c(F)c(CC2=N/C(=C(C3=N/C(=C(C4=N/C(=C(C5=N/C(=C(/c6ccc[nH]6)c6c(F)c(F)c(F)c(F)c6F)C=C5)\c5c(F)c(F)c(F)c(F)c5F)C=C4)\c4c(F)c(F)c(F)c(F)c4F)C=C3)\c3c(F)c(F)c(F)c(F)c3F)C=C2)c(F)c1F. The van der Waals surface area contributed by atoms with E-state index in [1.807, 2.05) is 0 Å². The van der Waals surface area contributed by atoms with Crippen molar-refractivity contribution in [3.05, 3.63) is 269 Å². The monoisotopic (exact) mass is 1220 g/mol. The summed E-state index contributed by atoms with van der Waals surface area (Å²) in [5, 5.41) is 0. The van der Waals surface area contributed by atoms with Crippen LogP contribution in [-0.4, -0.2) is 27.8 Å². The number of aromatic amines is 1. The number of H-pyrrole nitrogens is 1. The average Bonchev–Trinajstić information content (AvgIpc) is 1.93. The van der Waals surface area contributed by atoms with Crippen LogP contribution in [0.15, 0.2) is 110 Å². The van der Waals surface area contributed by atoms with Gasteiger partial charge in [-0.3, -0.25) is 4.99 Å². The zero-order valence-corrected chi connectivity index (χ0v) is 40.3. The van der Waals surface area contributed by atoms with Gasteiger partial charge in [-0.05, 0) is 60.7 Å². The summed E-state index contributed by atoms with van der Waals surface area (Å²) in [6, 6.07) is 2.08. The van der Waals surface area contributed by atoms with Crippen molar-refractivity contribution in [2.45, 2.75) is 6.42 Å². The predicted molar refractivity (Wildman–Crippen MR) is 249 cm³/mol. The Hall–Kier alpha value is -9.77. The second kappa shape index (κ2) is 21.4. The number of aliphatic imine (C=N–C) groups is 4. The Morgan fingerprint density at radius 2 is 0.518 bits per heavy atom. The normalized spacial score (nSPS) is 17.0. The lowest BCUT2D eigenvalue weighted by Gasteiger charge is -2.15. The molecule has 0 aliphatic carbocycles. The molecule has 0 atom stereocenters. The third kappa shape index (κ3) is 9.19. The van der Waals surface area contributed by atoms with Crippen LogP contribution in [0.2, 0.25) is 0 Å². The largest absolute Gasteiger partial charge is 0.361 e. The van der Waals surface area contributed by atoms with Crippen molar-refractivity contribution in [1.82, 2.24) is 4.98 Å². The molecule has 6 aromatic rings. The van der Waals surface area contributed by atoms with Gasteiger partial charge in [0.1, 0.15) is 0 Å². The van der Waals surface area contributed by atoms with Crippen LogP contribution in [0.25, 0.3) is 22.3 Å². The lowest BCUT2D eigenvalue weighted by molar-refractivity contribution is 0.372. The average molecular weight is 1220 g/mol. The Morgan fingerprint density at radius 1 is 0.271 bits per heavy atom. The number of benzene rings is 5. The number of allylic oxidation sites excluding steroid dienone is 11. The molecule has 5 nitrogen and oxygen atoms in total. The maximum atomic E-state index is 16.1. The van der Waals surface area contributed by atoms with Gasteiger partial charge in [-0.15, -0.1) is 0 Å². The number of hydrogen-bond acceptors (Lipinski definition) is 4. The second-order valence-corrected chi connectivity index (χ2v) is 17.6. The maximum absolute atomic E-state index is 16.1. The van der Waals surface area contributed by atoms with E-state index in [0.717, 1.165) is 18.3 Å². The van der Waals surface area contributed by atoms with Crippen molar-refractivity contribution in [1.29, 1.82) is 0 Å². The highest BCUT2D eigenvalue weighted by Crippen LogP contribution is 2.43. The van der Waals surface area contributed by atoms with Gasteiger partial charge in [-0.1, -0.05) is 0 Å².